The fraction of sp³-hybridized carbons (Fsp3) is 0.450. The van der Waals surface area contributed by atoms with Gasteiger partial charge in [0.05, 0.1) is 26.4 Å². The molecule has 2 rings (SSSR count). The molecule has 0 saturated heterocycles. The molecule has 7 nitrogen and oxygen atoms in total. The van der Waals surface area contributed by atoms with Gasteiger partial charge in [0.25, 0.3) is 5.91 Å². The predicted octanol–water partition coefficient (Wildman–Crippen LogP) is 3.45. The third kappa shape index (κ3) is 4.81. The molecule has 1 amide bonds. The second-order valence-corrected chi connectivity index (χ2v) is 7.48. The minimum atomic E-state index is -0.468. The molecule has 0 fully saturated rings. The van der Waals surface area contributed by atoms with Crippen LogP contribution in [0, 0.1) is 12.8 Å². The van der Waals surface area contributed by atoms with Gasteiger partial charge in [-0.25, -0.2) is 4.79 Å². The van der Waals surface area contributed by atoms with Gasteiger partial charge in [-0.2, -0.15) is 4.99 Å². The molecule has 8 heteroatoms. The van der Waals surface area contributed by atoms with Gasteiger partial charge in [-0.3, -0.25) is 4.79 Å². The number of carbonyl (C=O) groups is 2. The summed E-state index contributed by atoms with van der Waals surface area (Å²) in [5.74, 6) is 0.372. The highest BCUT2D eigenvalue weighted by Crippen LogP contribution is 2.25. The van der Waals surface area contributed by atoms with Crippen molar-refractivity contribution in [3.63, 3.8) is 0 Å². The smallest absolute Gasteiger partial charge is 0.350 e. The molecule has 0 aliphatic rings. The van der Waals surface area contributed by atoms with Crippen LogP contribution in [-0.4, -0.2) is 37.3 Å². The van der Waals surface area contributed by atoms with E-state index in [9.17, 15) is 9.59 Å². The van der Waals surface area contributed by atoms with E-state index in [1.165, 1.54) is 14.2 Å². The van der Waals surface area contributed by atoms with Gasteiger partial charge in [-0.05, 0) is 38.0 Å². The second kappa shape index (κ2) is 9.54. The molecule has 0 spiro atoms. The molecule has 0 aliphatic carbocycles. The van der Waals surface area contributed by atoms with Crippen molar-refractivity contribution in [2.24, 2.45) is 10.9 Å². The van der Waals surface area contributed by atoms with E-state index in [2.05, 4.69) is 18.8 Å². The lowest BCUT2D eigenvalue weighted by molar-refractivity contribution is 0.0530. The van der Waals surface area contributed by atoms with Gasteiger partial charge in [0, 0.05) is 12.2 Å². The number of ether oxygens (including phenoxy) is 3. The number of methoxy groups -OCH3 is 2. The molecular weight excluding hydrogens is 380 g/mol. The molecule has 0 bridgehead atoms. The molecule has 0 atom stereocenters. The number of thiazole rings is 1. The molecular formula is C20H26N2O5S. The third-order valence-corrected chi connectivity index (χ3v) is 5.16. The zero-order valence-corrected chi connectivity index (χ0v) is 17.9. The first-order valence-corrected chi connectivity index (χ1v) is 9.82. The zero-order valence-electron chi connectivity index (χ0n) is 17.1. The van der Waals surface area contributed by atoms with E-state index in [1.54, 1.807) is 25.1 Å². The van der Waals surface area contributed by atoms with Crippen LogP contribution in [0.2, 0.25) is 0 Å². The van der Waals surface area contributed by atoms with Crippen LogP contribution in [0.5, 0.6) is 11.5 Å². The third-order valence-electron chi connectivity index (χ3n) is 4.00. The summed E-state index contributed by atoms with van der Waals surface area (Å²) in [5, 5.41) is 0. The van der Waals surface area contributed by atoms with Crippen molar-refractivity contribution in [3.8, 4) is 11.5 Å². The molecule has 1 aromatic carbocycles. The van der Waals surface area contributed by atoms with Crippen LogP contribution in [0.15, 0.2) is 23.2 Å². The van der Waals surface area contributed by atoms with Crippen molar-refractivity contribution in [3.05, 3.63) is 39.1 Å². The highest BCUT2D eigenvalue weighted by Gasteiger charge is 2.20. The Morgan fingerprint density at radius 2 is 1.93 bits per heavy atom. The van der Waals surface area contributed by atoms with Gasteiger partial charge < -0.3 is 18.8 Å². The van der Waals surface area contributed by atoms with Crippen LogP contribution in [0.1, 0.15) is 46.5 Å². The second-order valence-electron chi connectivity index (χ2n) is 6.51. The van der Waals surface area contributed by atoms with Gasteiger partial charge in [-0.15, -0.1) is 0 Å². The van der Waals surface area contributed by atoms with Crippen molar-refractivity contribution in [1.29, 1.82) is 0 Å². The topological polar surface area (TPSA) is 79.1 Å². The number of nitrogens with zero attached hydrogens (tertiary/aromatic N) is 2. The van der Waals surface area contributed by atoms with Crippen LogP contribution < -0.4 is 14.3 Å². The molecule has 0 radical (unpaired) electrons. The summed E-state index contributed by atoms with van der Waals surface area (Å²) in [6.45, 7) is 8.62. The average molecular weight is 407 g/mol. The van der Waals surface area contributed by atoms with E-state index in [-0.39, 0.29) is 6.61 Å². The van der Waals surface area contributed by atoms with Crippen LogP contribution in [0.3, 0.4) is 0 Å². The minimum Gasteiger partial charge on any atom is -0.497 e. The fourth-order valence-electron chi connectivity index (χ4n) is 2.66. The van der Waals surface area contributed by atoms with E-state index in [0.29, 0.717) is 39.2 Å². The summed E-state index contributed by atoms with van der Waals surface area (Å²) in [5.41, 5.74) is 1.03. The average Bonchev–Trinajstić information content (AvgIpc) is 2.96. The van der Waals surface area contributed by atoms with E-state index in [1.807, 2.05) is 11.5 Å². The van der Waals surface area contributed by atoms with Gasteiger partial charge in [0.2, 0.25) is 0 Å². The molecule has 0 aliphatic heterocycles. The minimum absolute atomic E-state index is 0.284. The van der Waals surface area contributed by atoms with Gasteiger partial charge in [-0.1, -0.05) is 25.2 Å². The Labute approximate surface area is 168 Å². The molecule has 152 valence electrons. The van der Waals surface area contributed by atoms with E-state index < -0.39 is 11.9 Å². The molecule has 0 unspecified atom stereocenters. The van der Waals surface area contributed by atoms with Crippen molar-refractivity contribution in [2.75, 3.05) is 20.8 Å². The number of benzene rings is 1. The Morgan fingerprint density at radius 3 is 2.50 bits per heavy atom. The normalized spacial score (nSPS) is 11.6. The van der Waals surface area contributed by atoms with Crippen LogP contribution in [0.25, 0.3) is 0 Å². The van der Waals surface area contributed by atoms with E-state index in [0.717, 1.165) is 17.0 Å². The first-order valence-electron chi connectivity index (χ1n) is 9.00. The maximum atomic E-state index is 12.9. The Hall–Kier alpha value is -2.61. The number of carbonyl (C=O) groups excluding carboxylic acids is 2. The number of rotatable bonds is 7. The lowest BCUT2D eigenvalue weighted by Crippen LogP contribution is -2.21. The van der Waals surface area contributed by atoms with Crippen molar-refractivity contribution < 1.29 is 23.8 Å². The summed E-state index contributed by atoms with van der Waals surface area (Å²) in [4.78, 5) is 30.3. The van der Waals surface area contributed by atoms with Crippen molar-refractivity contribution in [1.82, 2.24) is 4.57 Å². The molecule has 28 heavy (non-hydrogen) atoms. The van der Waals surface area contributed by atoms with E-state index >= 15 is 0 Å². The quantitative estimate of drug-likeness (QED) is 0.658. The SMILES string of the molecule is CCOC(=O)c1sc(=NC(=O)c2cc(OC)ccc2OC)n(CC(C)C)c1C. The van der Waals surface area contributed by atoms with Gasteiger partial charge >= 0.3 is 5.97 Å². The predicted molar refractivity (Wildman–Crippen MR) is 107 cm³/mol. The van der Waals surface area contributed by atoms with Crippen molar-refractivity contribution >= 4 is 23.2 Å². The van der Waals surface area contributed by atoms with Crippen LogP contribution >= 0.6 is 11.3 Å². The first kappa shape index (κ1) is 21.7. The van der Waals surface area contributed by atoms with Crippen LogP contribution in [0.4, 0.5) is 0 Å². The summed E-state index contributed by atoms with van der Waals surface area (Å²) in [6.07, 6.45) is 0. The summed E-state index contributed by atoms with van der Waals surface area (Å²) < 4.78 is 17.5. The number of hydrogen-bond donors (Lipinski definition) is 0. The molecule has 0 N–H and O–H groups in total. The molecule has 1 heterocycles. The highest BCUT2D eigenvalue weighted by atomic mass is 32.1. The zero-order chi connectivity index (χ0) is 20.8. The summed E-state index contributed by atoms with van der Waals surface area (Å²) in [6, 6.07) is 4.96. The number of hydrogen-bond acceptors (Lipinski definition) is 6. The Balaban J connectivity index is 2.59. The first-order chi connectivity index (χ1) is 13.3. The van der Waals surface area contributed by atoms with Crippen molar-refractivity contribution in [2.45, 2.75) is 34.2 Å². The summed E-state index contributed by atoms with van der Waals surface area (Å²) >= 11 is 1.15. The lowest BCUT2D eigenvalue weighted by Gasteiger charge is -2.10. The fourth-order valence-corrected chi connectivity index (χ4v) is 3.70. The Kier molecular flexibility index (Phi) is 7.39. The summed E-state index contributed by atoms with van der Waals surface area (Å²) in [7, 11) is 3.02. The maximum absolute atomic E-state index is 12.9. The Morgan fingerprint density at radius 1 is 1.21 bits per heavy atom. The highest BCUT2D eigenvalue weighted by molar-refractivity contribution is 7.11. The maximum Gasteiger partial charge on any atom is 0.350 e. The monoisotopic (exact) mass is 406 g/mol. The largest absolute Gasteiger partial charge is 0.497 e. The van der Waals surface area contributed by atoms with Gasteiger partial charge in [0.1, 0.15) is 16.4 Å². The number of esters is 1. The molecule has 1 aromatic heterocycles. The van der Waals surface area contributed by atoms with E-state index in [4.69, 9.17) is 14.2 Å². The van der Waals surface area contributed by atoms with Gasteiger partial charge in [0.15, 0.2) is 4.80 Å². The van der Waals surface area contributed by atoms with Crippen LogP contribution in [-0.2, 0) is 11.3 Å². The molecule has 2 aromatic rings. The number of aromatic nitrogens is 1. The lowest BCUT2D eigenvalue weighted by atomic mass is 10.2. The molecule has 0 saturated carbocycles. The number of amides is 1. The standard InChI is InChI=1S/C20H26N2O5S/c1-7-27-19(24)17-13(4)22(11-12(2)3)20(28-17)21-18(23)15-10-14(25-5)8-9-16(15)26-6/h8-10,12H,7,11H2,1-6H3. The Bertz CT molecular complexity index is 927.